The quantitative estimate of drug-likeness (QED) is 0.0818. The van der Waals surface area contributed by atoms with Crippen molar-refractivity contribution in [1.82, 2.24) is 14.9 Å². The third-order valence-corrected chi connectivity index (χ3v) is 10.5. The zero-order valence-electron chi connectivity index (χ0n) is 32.0. The van der Waals surface area contributed by atoms with Crippen molar-refractivity contribution < 1.29 is 36.8 Å². The van der Waals surface area contributed by atoms with Crippen molar-refractivity contribution in [2.45, 2.75) is 58.8 Å². The Morgan fingerprint density at radius 3 is 1.62 bits per heavy atom. The first kappa shape index (κ1) is 40.4. The number of rotatable bonds is 13. The maximum Gasteiger partial charge on any atom is 0.340 e. The predicted molar refractivity (Wildman–Crippen MR) is 217 cm³/mol. The molecule has 12 heteroatoms. The van der Waals surface area contributed by atoms with E-state index < -0.39 is 16.1 Å². The molecule has 0 amide bonds. The average molecular weight is 780 g/mol. The summed E-state index contributed by atoms with van der Waals surface area (Å²) in [6.45, 7) is 7.13. The number of carbonyl (C=O) groups excluding carboxylic acids is 2. The summed E-state index contributed by atoms with van der Waals surface area (Å²) in [7, 11) is -3.47. The molecule has 0 unspecified atom stereocenters. The van der Waals surface area contributed by atoms with Crippen molar-refractivity contribution >= 4 is 43.9 Å². The number of likely N-dealkylation sites (tertiary alicyclic amines) is 1. The second kappa shape index (κ2) is 18.6. The van der Waals surface area contributed by atoms with Crippen molar-refractivity contribution in [3.05, 3.63) is 142 Å². The Balaban J connectivity index is 0.000000190. The molecule has 294 valence electrons. The molecule has 4 aromatic carbocycles. The number of esters is 2. The standard InChI is InChI=1S/C24H28N2O3.C20H21NO5S/c1-17-23(24(28)29-16-19-5-3-2-4-6-19)21-15-18(7-8-22(21)25-17)9-12-26-13-10-20(27)11-14-26;1-14-19(20(22)25-13-16-6-4-3-5-7-16)17-12-15(8-9-18(17)21-14)10-11-26-27(2,23)24/h2-8,15,20,25,27H,9-14,16H2,1H3;3-9,12,21H,10-11,13H2,1-2H3. The number of carbonyl (C=O) groups is 2. The Kier molecular flexibility index (Phi) is 13.4. The molecule has 1 aliphatic rings. The second-order valence-corrected chi connectivity index (χ2v) is 15.9. The van der Waals surface area contributed by atoms with E-state index in [1.54, 1.807) is 0 Å². The van der Waals surface area contributed by atoms with Crippen LogP contribution in [-0.2, 0) is 49.8 Å². The lowest BCUT2D eigenvalue weighted by Gasteiger charge is -2.29. The number of piperidine rings is 1. The Labute approximate surface area is 327 Å². The molecule has 3 N–H and O–H groups in total. The minimum atomic E-state index is -3.47. The fourth-order valence-corrected chi connectivity index (χ4v) is 7.30. The highest BCUT2D eigenvalue weighted by Gasteiger charge is 2.21. The van der Waals surface area contributed by atoms with Crippen LogP contribution in [0.4, 0.5) is 0 Å². The van der Waals surface area contributed by atoms with Gasteiger partial charge in [-0.15, -0.1) is 0 Å². The van der Waals surface area contributed by atoms with Gasteiger partial charge in [-0.3, -0.25) is 4.18 Å². The van der Waals surface area contributed by atoms with Gasteiger partial charge in [-0.25, -0.2) is 9.59 Å². The lowest BCUT2D eigenvalue weighted by Crippen LogP contribution is -2.37. The topological polar surface area (TPSA) is 151 Å². The van der Waals surface area contributed by atoms with E-state index in [0.29, 0.717) is 17.5 Å². The maximum atomic E-state index is 12.8. The first-order valence-corrected chi connectivity index (χ1v) is 20.6. The number of aromatic nitrogens is 2. The molecule has 0 bridgehead atoms. The van der Waals surface area contributed by atoms with E-state index >= 15 is 0 Å². The van der Waals surface area contributed by atoms with Gasteiger partial charge < -0.3 is 29.4 Å². The van der Waals surface area contributed by atoms with E-state index in [1.807, 2.05) is 98.8 Å². The molecular weight excluding hydrogens is 731 g/mol. The average Bonchev–Trinajstić information content (AvgIpc) is 3.70. The number of hydrogen-bond donors (Lipinski definition) is 3. The highest BCUT2D eigenvalue weighted by atomic mass is 32.2. The summed E-state index contributed by atoms with van der Waals surface area (Å²) in [5, 5.41) is 11.3. The van der Waals surface area contributed by atoms with Crippen LogP contribution < -0.4 is 0 Å². The van der Waals surface area contributed by atoms with Crippen molar-refractivity contribution in [3.8, 4) is 0 Å². The first-order valence-electron chi connectivity index (χ1n) is 18.8. The minimum absolute atomic E-state index is 0.0571. The number of aromatic amines is 2. The monoisotopic (exact) mass is 779 g/mol. The van der Waals surface area contributed by atoms with E-state index in [0.717, 1.165) is 95.0 Å². The molecule has 1 aliphatic heterocycles. The van der Waals surface area contributed by atoms with Crippen molar-refractivity contribution in [1.29, 1.82) is 0 Å². The van der Waals surface area contributed by atoms with Gasteiger partial charge in [-0.1, -0.05) is 72.8 Å². The number of benzene rings is 4. The number of ether oxygens (including phenoxy) is 2. The molecule has 56 heavy (non-hydrogen) atoms. The zero-order valence-corrected chi connectivity index (χ0v) is 32.9. The third kappa shape index (κ3) is 10.9. The Bertz CT molecular complexity index is 2360. The number of aryl methyl sites for hydroxylation is 2. The van der Waals surface area contributed by atoms with Crippen LogP contribution in [-0.4, -0.2) is 78.9 Å². The number of nitrogens with zero attached hydrogens (tertiary/aromatic N) is 1. The summed E-state index contributed by atoms with van der Waals surface area (Å²) in [4.78, 5) is 34.3. The smallest absolute Gasteiger partial charge is 0.340 e. The van der Waals surface area contributed by atoms with Gasteiger partial charge in [0, 0.05) is 52.8 Å². The maximum absolute atomic E-state index is 12.8. The molecule has 3 heterocycles. The summed E-state index contributed by atoms with van der Waals surface area (Å²) in [6, 6.07) is 31.1. The summed E-state index contributed by atoms with van der Waals surface area (Å²) >= 11 is 0. The van der Waals surface area contributed by atoms with E-state index in [9.17, 15) is 23.1 Å². The molecule has 0 radical (unpaired) electrons. The van der Waals surface area contributed by atoms with Crippen molar-refractivity contribution in [2.24, 2.45) is 0 Å². The van der Waals surface area contributed by atoms with E-state index in [2.05, 4.69) is 27.0 Å². The largest absolute Gasteiger partial charge is 0.457 e. The fraction of sp³-hybridized carbons (Fsp3) is 0.318. The number of fused-ring (bicyclic) bond motifs is 2. The lowest BCUT2D eigenvalue weighted by molar-refractivity contribution is 0.0465. The molecule has 1 saturated heterocycles. The number of H-pyrrole nitrogens is 2. The zero-order chi connectivity index (χ0) is 39.7. The van der Waals surface area contributed by atoms with Gasteiger partial charge in [0.05, 0.1) is 30.1 Å². The SMILES string of the molecule is Cc1[nH]c2ccc(CCN3CCC(O)CC3)cc2c1C(=O)OCc1ccccc1.Cc1[nH]c2ccc(CCOS(C)(=O)=O)cc2c1C(=O)OCc1ccccc1. The van der Waals surface area contributed by atoms with Crippen LogP contribution in [0.1, 0.15) is 67.2 Å². The normalized spacial score (nSPS) is 13.7. The van der Waals surface area contributed by atoms with Crippen LogP contribution in [0.3, 0.4) is 0 Å². The Morgan fingerprint density at radius 1 is 0.696 bits per heavy atom. The van der Waals surface area contributed by atoms with Crippen LogP contribution in [0.15, 0.2) is 97.1 Å². The molecule has 0 saturated carbocycles. The summed E-state index contributed by atoms with van der Waals surface area (Å²) in [6.07, 6.45) is 3.93. The van der Waals surface area contributed by atoms with E-state index in [1.165, 1.54) is 5.56 Å². The van der Waals surface area contributed by atoms with Gasteiger partial charge in [0.25, 0.3) is 10.1 Å². The molecule has 11 nitrogen and oxygen atoms in total. The molecule has 2 aromatic heterocycles. The lowest BCUT2D eigenvalue weighted by atomic mass is 10.0. The number of aliphatic hydroxyl groups excluding tert-OH is 1. The van der Waals surface area contributed by atoms with Crippen molar-refractivity contribution in [3.63, 3.8) is 0 Å². The van der Waals surface area contributed by atoms with Crippen LogP contribution >= 0.6 is 0 Å². The number of nitrogens with one attached hydrogen (secondary N) is 2. The van der Waals surface area contributed by atoms with Gasteiger partial charge in [-0.05, 0) is 86.1 Å². The van der Waals surface area contributed by atoms with Crippen LogP contribution in [0.25, 0.3) is 21.8 Å². The molecule has 0 spiro atoms. The van der Waals surface area contributed by atoms with Crippen LogP contribution in [0.5, 0.6) is 0 Å². The van der Waals surface area contributed by atoms with Crippen LogP contribution in [0, 0.1) is 13.8 Å². The highest BCUT2D eigenvalue weighted by Crippen LogP contribution is 2.27. The van der Waals surface area contributed by atoms with E-state index in [-0.39, 0.29) is 31.9 Å². The van der Waals surface area contributed by atoms with Crippen molar-refractivity contribution in [2.75, 3.05) is 32.5 Å². The first-order chi connectivity index (χ1) is 26.9. The molecule has 0 aliphatic carbocycles. The summed E-state index contributed by atoms with van der Waals surface area (Å²) in [5.74, 6) is -0.688. The molecule has 0 atom stereocenters. The van der Waals surface area contributed by atoms with Gasteiger partial charge in [0.15, 0.2) is 0 Å². The molecular formula is C44H49N3O8S. The molecule has 7 rings (SSSR count). The molecule has 1 fully saturated rings. The molecule has 6 aromatic rings. The summed E-state index contributed by atoms with van der Waals surface area (Å²) < 4.78 is 38.0. The van der Waals surface area contributed by atoms with E-state index in [4.69, 9.17) is 13.7 Å². The van der Waals surface area contributed by atoms with Gasteiger partial charge in [0.1, 0.15) is 13.2 Å². The third-order valence-electron chi connectivity index (χ3n) is 9.90. The number of aliphatic hydroxyl groups is 1. The Hall–Kier alpha value is -5.27. The number of hydrogen-bond acceptors (Lipinski definition) is 9. The predicted octanol–water partition coefficient (Wildman–Crippen LogP) is 7.18. The second-order valence-electron chi connectivity index (χ2n) is 14.2. The fourth-order valence-electron chi connectivity index (χ4n) is 6.92. The Morgan fingerprint density at radius 2 is 1.16 bits per heavy atom. The highest BCUT2D eigenvalue weighted by molar-refractivity contribution is 7.85. The minimum Gasteiger partial charge on any atom is -0.457 e. The summed E-state index contributed by atoms with van der Waals surface area (Å²) in [5.41, 5.74) is 8.44. The van der Waals surface area contributed by atoms with Crippen LogP contribution in [0.2, 0.25) is 0 Å². The van der Waals surface area contributed by atoms with Gasteiger partial charge in [-0.2, -0.15) is 8.42 Å². The van der Waals surface area contributed by atoms with Gasteiger partial charge >= 0.3 is 11.9 Å². The van der Waals surface area contributed by atoms with Gasteiger partial charge in [0.2, 0.25) is 0 Å².